The topological polar surface area (TPSA) is 81.4 Å². The van der Waals surface area contributed by atoms with Crippen molar-refractivity contribution in [1.82, 2.24) is 5.32 Å². The van der Waals surface area contributed by atoms with Gasteiger partial charge >= 0.3 is 12.3 Å². The highest BCUT2D eigenvalue weighted by Gasteiger charge is 2.67. The molecule has 5 nitrogen and oxygen atoms in total. The van der Waals surface area contributed by atoms with Gasteiger partial charge in [-0.15, -0.1) is 0 Å². The maximum absolute atomic E-state index is 12.0. The number of nitrogens with two attached hydrogens (primary N) is 1. The zero-order valence-electron chi connectivity index (χ0n) is 11.6. The summed E-state index contributed by atoms with van der Waals surface area (Å²) >= 11 is 0. The van der Waals surface area contributed by atoms with Gasteiger partial charge in [0.2, 0.25) is 0 Å². The third-order valence-electron chi connectivity index (χ3n) is 3.32. The lowest BCUT2D eigenvalue weighted by Crippen LogP contribution is -2.44. The fraction of sp³-hybridized carbons (Fsp3) is 0.833. The molecule has 1 saturated carbocycles. The highest BCUT2D eigenvalue weighted by Crippen LogP contribution is 2.56. The molecular formula is C12H19F3N2O3. The summed E-state index contributed by atoms with van der Waals surface area (Å²) in [7, 11) is 0. The van der Waals surface area contributed by atoms with E-state index in [-0.39, 0.29) is 17.8 Å². The van der Waals surface area contributed by atoms with E-state index in [2.05, 4.69) is 5.32 Å². The molecule has 0 heterocycles. The highest BCUT2D eigenvalue weighted by atomic mass is 19.4. The lowest BCUT2D eigenvalue weighted by atomic mass is 9.88. The van der Waals surface area contributed by atoms with Crippen LogP contribution in [0.5, 0.6) is 0 Å². The van der Waals surface area contributed by atoms with Gasteiger partial charge in [-0.2, -0.15) is 13.2 Å². The molecule has 3 N–H and O–H groups in total. The summed E-state index contributed by atoms with van der Waals surface area (Å²) in [6.45, 7) is 5.01. The zero-order valence-corrected chi connectivity index (χ0v) is 11.6. The molecule has 1 fully saturated rings. The van der Waals surface area contributed by atoms with Gasteiger partial charge in [0.1, 0.15) is 0 Å². The number of ether oxygens (including phenoxy) is 1. The molecule has 0 spiro atoms. The SMILES string of the molecule is CC(C)(C)C1CC1(OC(N)=O)C(=O)NCCC(F)(F)F. The first-order valence-electron chi connectivity index (χ1n) is 6.22. The Kier molecular flexibility index (Phi) is 4.26. The van der Waals surface area contributed by atoms with Gasteiger partial charge in [0.25, 0.3) is 5.91 Å². The smallest absolute Gasteiger partial charge is 0.405 e. The summed E-state index contributed by atoms with van der Waals surface area (Å²) in [5, 5.41) is 2.16. The average molecular weight is 296 g/mol. The second-order valence-corrected chi connectivity index (χ2v) is 6.05. The molecule has 0 radical (unpaired) electrons. The number of primary amides is 1. The molecule has 8 heteroatoms. The first-order chi connectivity index (χ1) is 8.88. The number of carbonyl (C=O) groups excluding carboxylic acids is 2. The summed E-state index contributed by atoms with van der Waals surface area (Å²) in [6.07, 6.45) is -6.33. The largest absolute Gasteiger partial charge is 0.433 e. The van der Waals surface area contributed by atoms with Crippen molar-refractivity contribution >= 4 is 12.0 Å². The number of amides is 2. The van der Waals surface area contributed by atoms with E-state index in [9.17, 15) is 22.8 Å². The van der Waals surface area contributed by atoms with E-state index in [4.69, 9.17) is 10.5 Å². The van der Waals surface area contributed by atoms with Crippen LogP contribution in [0.15, 0.2) is 0 Å². The van der Waals surface area contributed by atoms with E-state index in [1.165, 1.54) is 0 Å². The van der Waals surface area contributed by atoms with E-state index < -0.39 is 36.7 Å². The summed E-state index contributed by atoms with van der Waals surface area (Å²) < 4.78 is 41.0. The fourth-order valence-corrected chi connectivity index (χ4v) is 2.31. The van der Waals surface area contributed by atoms with Crippen LogP contribution in [0.4, 0.5) is 18.0 Å². The van der Waals surface area contributed by atoms with Gasteiger partial charge in [0.05, 0.1) is 6.42 Å². The Morgan fingerprint density at radius 3 is 2.25 bits per heavy atom. The van der Waals surface area contributed by atoms with Crippen molar-refractivity contribution in [1.29, 1.82) is 0 Å². The number of hydrogen-bond acceptors (Lipinski definition) is 3. The van der Waals surface area contributed by atoms with Crippen molar-refractivity contribution < 1.29 is 27.5 Å². The predicted octanol–water partition coefficient (Wildman–Crippen LogP) is 1.96. The molecule has 0 bridgehead atoms. The van der Waals surface area contributed by atoms with E-state index >= 15 is 0 Å². The van der Waals surface area contributed by atoms with Crippen molar-refractivity contribution in [3.8, 4) is 0 Å². The summed E-state index contributed by atoms with van der Waals surface area (Å²) in [5.74, 6) is -0.992. The van der Waals surface area contributed by atoms with Crippen LogP contribution >= 0.6 is 0 Å². The Labute approximate surface area is 115 Å². The minimum Gasteiger partial charge on any atom is -0.433 e. The van der Waals surface area contributed by atoms with Gasteiger partial charge in [-0.1, -0.05) is 20.8 Å². The highest BCUT2D eigenvalue weighted by molar-refractivity contribution is 5.91. The van der Waals surface area contributed by atoms with Crippen molar-refractivity contribution in [2.75, 3.05) is 6.54 Å². The fourth-order valence-electron chi connectivity index (χ4n) is 2.31. The van der Waals surface area contributed by atoms with E-state index in [1.54, 1.807) is 0 Å². The van der Waals surface area contributed by atoms with Crippen LogP contribution in [0.3, 0.4) is 0 Å². The van der Waals surface area contributed by atoms with Crippen LogP contribution in [0.1, 0.15) is 33.6 Å². The lowest BCUT2D eigenvalue weighted by Gasteiger charge is -2.24. The Morgan fingerprint density at radius 2 is 1.90 bits per heavy atom. The van der Waals surface area contributed by atoms with Crippen molar-refractivity contribution in [3.63, 3.8) is 0 Å². The summed E-state index contributed by atoms with van der Waals surface area (Å²) in [5.41, 5.74) is 3.18. The summed E-state index contributed by atoms with van der Waals surface area (Å²) in [4.78, 5) is 22.9. The van der Waals surface area contributed by atoms with Crippen LogP contribution in [0.25, 0.3) is 0 Å². The van der Waals surface area contributed by atoms with Gasteiger partial charge in [-0.3, -0.25) is 4.79 Å². The minimum absolute atomic E-state index is 0.261. The maximum atomic E-state index is 12.0. The molecule has 116 valence electrons. The average Bonchev–Trinajstić information content (AvgIpc) is 2.90. The minimum atomic E-state index is -4.35. The van der Waals surface area contributed by atoms with Crippen molar-refractivity contribution in [2.24, 2.45) is 17.1 Å². The van der Waals surface area contributed by atoms with Gasteiger partial charge in [0.15, 0.2) is 5.60 Å². The maximum Gasteiger partial charge on any atom is 0.405 e. The standard InChI is InChI=1S/C12H19F3N2O3/c1-10(2,3)7-6-11(7,20-9(16)19)8(18)17-5-4-12(13,14)15/h7H,4-6H2,1-3H3,(H2,16,19)(H,17,18). The third kappa shape index (κ3) is 4.01. The second-order valence-electron chi connectivity index (χ2n) is 6.05. The van der Waals surface area contributed by atoms with E-state index in [0.29, 0.717) is 0 Å². The number of halogens is 3. The molecule has 1 aliphatic rings. The normalized spacial score (nSPS) is 26.0. The van der Waals surface area contributed by atoms with Crippen molar-refractivity contribution in [3.05, 3.63) is 0 Å². The van der Waals surface area contributed by atoms with Gasteiger partial charge < -0.3 is 15.8 Å². The molecule has 0 aromatic rings. The Hall–Kier alpha value is -1.47. The molecule has 2 atom stereocenters. The van der Waals surface area contributed by atoms with Crippen LogP contribution in [-0.4, -0.2) is 30.3 Å². The Bertz CT molecular complexity index is 404. The van der Waals surface area contributed by atoms with Gasteiger partial charge in [0, 0.05) is 18.9 Å². The molecule has 0 aliphatic heterocycles. The quantitative estimate of drug-likeness (QED) is 0.832. The van der Waals surface area contributed by atoms with Crippen molar-refractivity contribution in [2.45, 2.75) is 45.4 Å². The first kappa shape index (κ1) is 16.6. The molecular weight excluding hydrogens is 277 g/mol. The molecule has 2 unspecified atom stereocenters. The Balaban J connectivity index is 2.67. The van der Waals surface area contributed by atoms with Crippen LogP contribution in [0, 0.1) is 11.3 Å². The lowest BCUT2D eigenvalue weighted by molar-refractivity contribution is -0.140. The number of nitrogens with one attached hydrogen (secondary N) is 1. The molecule has 0 aromatic heterocycles. The molecule has 20 heavy (non-hydrogen) atoms. The molecule has 1 aliphatic carbocycles. The van der Waals surface area contributed by atoms with Crippen LogP contribution < -0.4 is 11.1 Å². The molecule has 0 saturated heterocycles. The second kappa shape index (κ2) is 5.14. The number of rotatable bonds is 4. The van der Waals surface area contributed by atoms with Gasteiger partial charge in [-0.25, -0.2) is 4.79 Å². The zero-order chi connectivity index (χ0) is 15.8. The van der Waals surface area contributed by atoms with E-state index in [0.717, 1.165) is 0 Å². The van der Waals surface area contributed by atoms with Gasteiger partial charge in [-0.05, 0) is 5.41 Å². The van der Waals surface area contributed by atoms with Crippen LogP contribution in [-0.2, 0) is 9.53 Å². The molecule has 2 amide bonds. The number of alkyl halides is 3. The summed E-state index contributed by atoms with van der Waals surface area (Å²) in [6, 6.07) is 0. The third-order valence-corrected chi connectivity index (χ3v) is 3.32. The Morgan fingerprint density at radius 1 is 1.35 bits per heavy atom. The number of hydrogen-bond donors (Lipinski definition) is 2. The first-order valence-corrected chi connectivity index (χ1v) is 6.22. The predicted molar refractivity (Wildman–Crippen MR) is 64.6 cm³/mol. The monoisotopic (exact) mass is 296 g/mol. The number of carbonyl (C=O) groups is 2. The van der Waals surface area contributed by atoms with Crippen LogP contribution in [0.2, 0.25) is 0 Å². The molecule has 0 aromatic carbocycles. The molecule has 1 rings (SSSR count). The van der Waals surface area contributed by atoms with E-state index in [1.807, 2.05) is 20.8 Å².